The van der Waals surface area contributed by atoms with Crippen molar-refractivity contribution >= 4 is 34.2 Å². The van der Waals surface area contributed by atoms with E-state index in [4.69, 9.17) is 9.72 Å². The van der Waals surface area contributed by atoms with Crippen LogP contribution in [0, 0.1) is 0 Å². The quantitative estimate of drug-likeness (QED) is 0.414. The Morgan fingerprint density at radius 2 is 1.91 bits per heavy atom. The number of rotatable bonds is 7. The molecule has 5 rings (SSSR count). The highest BCUT2D eigenvalue weighted by molar-refractivity contribution is 7.15. The van der Waals surface area contributed by atoms with Crippen LogP contribution < -0.4 is 4.74 Å². The maximum Gasteiger partial charge on any atom is 0.325 e. The van der Waals surface area contributed by atoms with Crippen LogP contribution in [0.25, 0.3) is 21.5 Å². The van der Waals surface area contributed by atoms with Crippen LogP contribution in [0.4, 0.5) is 0 Å². The van der Waals surface area contributed by atoms with E-state index in [1.807, 2.05) is 53.4 Å². The Bertz CT molecular complexity index is 1380. The minimum Gasteiger partial charge on any atom is -0.497 e. The van der Waals surface area contributed by atoms with E-state index in [0.29, 0.717) is 30.6 Å². The fourth-order valence-electron chi connectivity index (χ4n) is 4.55. The van der Waals surface area contributed by atoms with Gasteiger partial charge < -0.3 is 19.5 Å². The first kappa shape index (κ1) is 22.1. The first-order chi connectivity index (χ1) is 16.4. The molecule has 0 aliphatic carbocycles. The van der Waals surface area contributed by atoms with Crippen molar-refractivity contribution in [3.05, 3.63) is 70.9 Å². The second-order valence-electron chi connectivity index (χ2n) is 8.20. The van der Waals surface area contributed by atoms with Crippen LogP contribution in [-0.2, 0) is 29.1 Å². The summed E-state index contributed by atoms with van der Waals surface area (Å²) < 4.78 is 6.84. The Morgan fingerprint density at radius 1 is 1.15 bits per heavy atom. The first-order valence-electron chi connectivity index (χ1n) is 10.8. The van der Waals surface area contributed by atoms with Gasteiger partial charge >= 0.3 is 11.9 Å². The normalized spacial score (nSPS) is 14.6. The lowest BCUT2D eigenvalue weighted by Crippen LogP contribution is -2.37. The van der Waals surface area contributed by atoms with Crippen LogP contribution >= 0.6 is 11.3 Å². The van der Waals surface area contributed by atoms with E-state index in [1.165, 1.54) is 0 Å². The van der Waals surface area contributed by atoms with Gasteiger partial charge in [-0.05, 0) is 30.3 Å². The van der Waals surface area contributed by atoms with Crippen molar-refractivity contribution in [1.29, 1.82) is 0 Å². The molecule has 34 heavy (non-hydrogen) atoms. The third-order valence-electron chi connectivity index (χ3n) is 6.12. The van der Waals surface area contributed by atoms with Gasteiger partial charge in [0, 0.05) is 52.6 Å². The van der Waals surface area contributed by atoms with E-state index in [9.17, 15) is 19.8 Å². The Hall–Kier alpha value is -3.69. The van der Waals surface area contributed by atoms with Crippen molar-refractivity contribution in [3.8, 4) is 16.3 Å². The van der Waals surface area contributed by atoms with Gasteiger partial charge in [-0.2, -0.15) is 0 Å². The molecule has 2 aromatic heterocycles. The highest BCUT2D eigenvalue weighted by Gasteiger charge is 2.34. The van der Waals surface area contributed by atoms with Gasteiger partial charge in [-0.1, -0.05) is 18.2 Å². The number of ether oxygens (including phenoxy) is 1. The Labute approximate surface area is 199 Å². The van der Waals surface area contributed by atoms with Gasteiger partial charge in [0.15, 0.2) is 0 Å². The predicted molar refractivity (Wildman–Crippen MR) is 128 cm³/mol. The Morgan fingerprint density at radius 3 is 2.62 bits per heavy atom. The monoisotopic (exact) mass is 477 g/mol. The largest absolute Gasteiger partial charge is 0.497 e. The summed E-state index contributed by atoms with van der Waals surface area (Å²) in [5.41, 5.74) is 3.32. The molecule has 1 unspecified atom stereocenters. The van der Waals surface area contributed by atoms with Crippen LogP contribution in [0.2, 0.25) is 0 Å². The lowest BCUT2D eigenvalue weighted by atomic mass is 10.0. The third kappa shape index (κ3) is 4.04. The SMILES string of the molecule is COc1ccc(-c2nc3c(s2)CN(C(C(=O)O)c2cn(CC(=O)O)c4ccccc24)CC3)cc1. The molecule has 2 N–H and O–H groups in total. The molecule has 0 bridgehead atoms. The molecule has 0 saturated carbocycles. The number of carboxylic acids is 2. The minimum atomic E-state index is -0.975. The molecule has 9 heteroatoms. The van der Waals surface area contributed by atoms with Gasteiger partial charge in [-0.3, -0.25) is 14.5 Å². The zero-order valence-corrected chi connectivity index (χ0v) is 19.3. The topological polar surface area (TPSA) is 105 Å². The number of benzene rings is 2. The summed E-state index contributed by atoms with van der Waals surface area (Å²) in [6, 6.07) is 14.2. The molecule has 8 nitrogen and oxygen atoms in total. The predicted octanol–water partition coefficient (Wildman–Crippen LogP) is 4.04. The second-order valence-corrected chi connectivity index (χ2v) is 9.29. The van der Waals surface area contributed by atoms with Gasteiger partial charge in [-0.15, -0.1) is 11.3 Å². The van der Waals surface area contributed by atoms with Crippen LogP contribution in [0.3, 0.4) is 0 Å². The second kappa shape index (κ2) is 8.92. The average Bonchev–Trinajstić information content (AvgIpc) is 3.41. The Kier molecular flexibility index (Phi) is 5.80. The van der Waals surface area contributed by atoms with Crippen molar-refractivity contribution in [3.63, 3.8) is 0 Å². The standard InChI is InChI=1S/C25H23N3O5S/c1-33-16-8-6-15(7-9-16)24-26-19-10-11-27(13-21(19)34-24)23(25(31)32)18-12-28(14-22(29)30)20-5-3-2-4-17(18)20/h2-9,12,23H,10-11,13-14H2,1H3,(H,29,30)(H,31,32). The molecule has 3 heterocycles. The van der Waals surface area contributed by atoms with Gasteiger partial charge in [0.25, 0.3) is 0 Å². The zero-order valence-electron chi connectivity index (χ0n) is 18.5. The molecule has 4 aromatic rings. The number of fused-ring (bicyclic) bond motifs is 2. The zero-order chi connectivity index (χ0) is 23.8. The number of para-hydroxylation sites is 1. The van der Waals surface area contributed by atoms with Crippen molar-refractivity contribution in [2.75, 3.05) is 13.7 Å². The van der Waals surface area contributed by atoms with Gasteiger partial charge in [0.2, 0.25) is 0 Å². The van der Waals surface area contributed by atoms with Gasteiger partial charge in [-0.25, -0.2) is 4.98 Å². The molecular weight excluding hydrogens is 454 g/mol. The van der Waals surface area contributed by atoms with Crippen molar-refractivity contribution in [2.24, 2.45) is 0 Å². The van der Waals surface area contributed by atoms with Crippen LogP contribution in [0.5, 0.6) is 5.75 Å². The highest BCUT2D eigenvalue weighted by atomic mass is 32.1. The molecule has 1 aliphatic rings. The number of methoxy groups -OCH3 is 1. The van der Waals surface area contributed by atoms with Gasteiger partial charge in [0.05, 0.1) is 12.8 Å². The molecule has 0 saturated heterocycles. The van der Waals surface area contributed by atoms with Crippen molar-refractivity contribution in [1.82, 2.24) is 14.5 Å². The van der Waals surface area contributed by atoms with E-state index in [-0.39, 0.29) is 6.54 Å². The highest BCUT2D eigenvalue weighted by Crippen LogP contribution is 2.37. The summed E-state index contributed by atoms with van der Waals surface area (Å²) in [5, 5.41) is 21.2. The smallest absolute Gasteiger partial charge is 0.325 e. The van der Waals surface area contributed by atoms with Crippen LogP contribution in [0.1, 0.15) is 22.2 Å². The van der Waals surface area contributed by atoms with E-state index >= 15 is 0 Å². The summed E-state index contributed by atoms with van der Waals surface area (Å²) in [6.07, 6.45) is 2.32. The number of aromatic nitrogens is 2. The number of thiazole rings is 1. The number of hydrogen-bond acceptors (Lipinski definition) is 6. The summed E-state index contributed by atoms with van der Waals surface area (Å²) in [5.74, 6) is -1.15. The minimum absolute atomic E-state index is 0.225. The number of carboxylic acid groups (broad SMARTS) is 2. The summed E-state index contributed by atoms with van der Waals surface area (Å²) >= 11 is 1.58. The van der Waals surface area contributed by atoms with Crippen molar-refractivity contribution < 1.29 is 24.5 Å². The molecule has 2 aromatic carbocycles. The van der Waals surface area contributed by atoms with E-state index in [2.05, 4.69) is 0 Å². The average molecular weight is 478 g/mol. The van der Waals surface area contributed by atoms with E-state index < -0.39 is 18.0 Å². The number of hydrogen-bond donors (Lipinski definition) is 2. The van der Waals surface area contributed by atoms with Crippen LogP contribution in [-0.4, -0.2) is 50.3 Å². The lowest BCUT2D eigenvalue weighted by Gasteiger charge is -2.31. The maximum atomic E-state index is 12.5. The molecular formula is C25H23N3O5S. The number of nitrogens with zero attached hydrogens (tertiary/aromatic N) is 3. The van der Waals surface area contributed by atoms with Crippen LogP contribution in [0.15, 0.2) is 54.7 Å². The number of carbonyl (C=O) groups is 2. The molecule has 1 aliphatic heterocycles. The molecule has 0 fully saturated rings. The lowest BCUT2D eigenvalue weighted by molar-refractivity contribution is -0.144. The molecule has 0 amide bonds. The molecule has 1 atom stereocenters. The fourth-order valence-corrected chi connectivity index (χ4v) is 5.69. The van der Waals surface area contributed by atoms with E-state index in [0.717, 1.165) is 32.3 Å². The Balaban J connectivity index is 1.48. The third-order valence-corrected chi connectivity index (χ3v) is 7.25. The molecule has 174 valence electrons. The summed E-state index contributed by atoms with van der Waals surface area (Å²) in [4.78, 5) is 31.6. The molecule has 0 spiro atoms. The van der Waals surface area contributed by atoms with Crippen molar-refractivity contribution in [2.45, 2.75) is 25.6 Å². The molecule has 0 radical (unpaired) electrons. The summed E-state index contributed by atoms with van der Waals surface area (Å²) in [6.45, 7) is 0.795. The maximum absolute atomic E-state index is 12.5. The number of aliphatic carboxylic acids is 2. The van der Waals surface area contributed by atoms with E-state index in [1.54, 1.807) is 29.2 Å². The summed E-state index contributed by atoms with van der Waals surface area (Å²) in [7, 11) is 1.63. The fraction of sp³-hybridized carbons (Fsp3) is 0.240. The van der Waals surface area contributed by atoms with Gasteiger partial charge in [0.1, 0.15) is 23.3 Å². The first-order valence-corrected chi connectivity index (χ1v) is 11.7.